The maximum absolute atomic E-state index is 5.49. The molecule has 0 spiro atoms. The van der Waals surface area contributed by atoms with E-state index in [1.54, 1.807) is 0 Å². The van der Waals surface area contributed by atoms with Gasteiger partial charge in [0.25, 0.3) is 0 Å². The van der Waals surface area contributed by atoms with Gasteiger partial charge in [0.1, 0.15) is 0 Å². The summed E-state index contributed by atoms with van der Waals surface area (Å²) < 4.78 is 0. The molecule has 3 rings (SSSR count). The molecule has 0 fully saturated rings. The Morgan fingerprint density at radius 3 is 1.71 bits per heavy atom. The Kier molecular flexibility index (Phi) is 14.3. The molecule has 0 aromatic heterocycles. The molecule has 0 aliphatic heterocycles. The molecule has 0 radical (unpaired) electrons. The molecule has 0 atom stereocenters. The Bertz CT molecular complexity index is 757. The Morgan fingerprint density at radius 1 is 0.643 bits per heavy atom. The molecule has 28 heavy (non-hydrogen) atoms. The van der Waals surface area contributed by atoms with Gasteiger partial charge < -0.3 is 16.4 Å². The third-order valence-electron chi connectivity index (χ3n) is 4.70. The standard InChI is InChI=1S/C22H29N3.3ClH/c23-12-7-15-24-13-5-6-14-25-17-22-20-10-3-1-8-18(20)16-19-9-2-4-11-21(19)22;;;/h1-4,8-11,16,24-25H,5-7,12-15,17,23H2;3*1H. The van der Waals surface area contributed by atoms with Crippen LogP contribution in [0.4, 0.5) is 0 Å². The van der Waals surface area contributed by atoms with Crippen molar-refractivity contribution >= 4 is 58.8 Å². The first-order valence-electron chi connectivity index (χ1n) is 9.41. The van der Waals surface area contributed by atoms with Gasteiger partial charge in [-0.15, -0.1) is 37.2 Å². The maximum Gasteiger partial charge on any atom is 0.0217 e. The normalized spacial score (nSPS) is 10.2. The summed E-state index contributed by atoms with van der Waals surface area (Å²) in [7, 11) is 0. The molecule has 156 valence electrons. The molecule has 6 heteroatoms. The predicted molar refractivity (Wildman–Crippen MR) is 131 cm³/mol. The second-order valence-electron chi connectivity index (χ2n) is 6.57. The van der Waals surface area contributed by atoms with Crippen LogP contribution in [-0.4, -0.2) is 26.2 Å². The van der Waals surface area contributed by atoms with Crippen molar-refractivity contribution in [1.29, 1.82) is 0 Å². The molecule has 3 aromatic carbocycles. The van der Waals surface area contributed by atoms with Crippen molar-refractivity contribution in [3.05, 3.63) is 60.2 Å². The smallest absolute Gasteiger partial charge is 0.0217 e. The highest BCUT2D eigenvalue weighted by Gasteiger charge is 2.06. The summed E-state index contributed by atoms with van der Waals surface area (Å²) in [6.45, 7) is 4.86. The monoisotopic (exact) mass is 443 g/mol. The summed E-state index contributed by atoms with van der Waals surface area (Å²) in [5.74, 6) is 0. The Balaban J connectivity index is 0.00000243. The molecule has 3 nitrogen and oxygen atoms in total. The van der Waals surface area contributed by atoms with Crippen LogP contribution in [-0.2, 0) is 6.54 Å². The van der Waals surface area contributed by atoms with Gasteiger partial charge in [-0.3, -0.25) is 0 Å². The Morgan fingerprint density at radius 2 is 1.14 bits per heavy atom. The topological polar surface area (TPSA) is 50.1 Å². The van der Waals surface area contributed by atoms with E-state index in [0.29, 0.717) is 0 Å². The van der Waals surface area contributed by atoms with Crippen molar-refractivity contribution in [2.75, 3.05) is 26.2 Å². The van der Waals surface area contributed by atoms with Gasteiger partial charge in [-0.2, -0.15) is 0 Å². The van der Waals surface area contributed by atoms with Crippen LogP contribution < -0.4 is 16.4 Å². The lowest BCUT2D eigenvalue weighted by Crippen LogP contribution is -2.21. The van der Waals surface area contributed by atoms with E-state index in [1.807, 2.05) is 0 Å². The van der Waals surface area contributed by atoms with Crippen LogP contribution in [0.15, 0.2) is 54.6 Å². The zero-order chi connectivity index (χ0) is 17.3. The molecule has 0 aliphatic carbocycles. The number of unbranched alkanes of at least 4 members (excludes halogenated alkanes) is 1. The van der Waals surface area contributed by atoms with Crippen LogP contribution in [0.25, 0.3) is 21.5 Å². The number of fused-ring (bicyclic) bond motifs is 2. The SMILES string of the molecule is Cl.Cl.Cl.NCCCNCCCCNCc1c2ccccc2cc2ccccc12. The van der Waals surface area contributed by atoms with Crippen molar-refractivity contribution in [3.63, 3.8) is 0 Å². The first kappa shape index (κ1) is 26.9. The highest BCUT2D eigenvalue weighted by Crippen LogP contribution is 2.28. The largest absolute Gasteiger partial charge is 0.330 e. The molecule has 0 heterocycles. The predicted octanol–water partition coefficient (Wildman–Crippen LogP) is 5.07. The zero-order valence-corrected chi connectivity index (χ0v) is 18.6. The van der Waals surface area contributed by atoms with E-state index >= 15 is 0 Å². The van der Waals surface area contributed by atoms with Crippen molar-refractivity contribution in [1.82, 2.24) is 10.6 Å². The second-order valence-corrected chi connectivity index (χ2v) is 6.57. The molecule has 0 bridgehead atoms. The molecule has 3 aromatic rings. The molecule has 0 saturated heterocycles. The lowest BCUT2D eigenvalue weighted by molar-refractivity contribution is 0.577. The summed E-state index contributed by atoms with van der Waals surface area (Å²) in [6, 6.07) is 19.7. The number of benzene rings is 3. The van der Waals surface area contributed by atoms with Crippen LogP contribution in [0, 0.1) is 0 Å². The number of rotatable bonds is 10. The van der Waals surface area contributed by atoms with Gasteiger partial charge >= 0.3 is 0 Å². The first-order valence-corrected chi connectivity index (χ1v) is 9.41. The summed E-state index contributed by atoms with van der Waals surface area (Å²) in [4.78, 5) is 0. The molecule has 0 saturated carbocycles. The minimum Gasteiger partial charge on any atom is -0.330 e. The zero-order valence-electron chi connectivity index (χ0n) is 16.2. The minimum absolute atomic E-state index is 0. The lowest BCUT2D eigenvalue weighted by Gasteiger charge is -2.12. The Labute approximate surface area is 187 Å². The second kappa shape index (κ2) is 14.9. The average Bonchev–Trinajstić information content (AvgIpc) is 2.66. The van der Waals surface area contributed by atoms with E-state index < -0.39 is 0 Å². The molecule has 0 unspecified atom stereocenters. The molecule has 4 N–H and O–H groups in total. The van der Waals surface area contributed by atoms with E-state index in [4.69, 9.17) is 5.73 Å². The highest BCUT2D eigenvalue weighted by atomic mass is 35.5. The molecular weight excluding hydrogens is 413 g/mol. The quantitative estimate of drug-likeness (QED) is 0.302. The average molecular weight is 445 g/mol. The summed E-state index contributed by atoms with van der Waals surface area (Å²) in [5.41, 5.74) is 6.91. The van der Waals surface area contributed by atoms with Crippen molar-refractivity contribution in [2.24, 2.45) is 5.73 Å². The molecule has 0 amide bonds. The summed E-state index contributed by atoms with van der Waals surface area (Å²) in [6.07, 6.45) is 3.46. The van der Waals surface area contributed by atoms with E-state index in [2.05, 4.69) is 65.2 Å². The van der Waals surface area contributed by atoms with Gasteiger partial charge in [-0.05, 0) is 78.6 Å². The molecular formula is C22H32Cl3N3. The van der Waals surface area contributed by atoms with E-state index in [0.717, 1.165) is 39.1 Å². The van der Waals surface area contributed by atoms with Crippen molar-refractivity contribution in [2.45, 2.75) is 25.8 Å². The van der Waals surface area contributed by atoms with Gasteiger partial charge in [-0.25, -0.2) is 0 Å². The highest BCUT2D eigenvalue weighted by molar-refractivity contribution is 6.02. The fourth-order valence-electron chi connectivity index (χ4n) is 3.36. The minimum atomic E-state index is 0. The van der Waals surface area contributed by atoms with E-state index in [1.165, 1.54) is 39.9 Å². The lowest BCUT2D eigenvalue weighted by atomic mass is 9.97. The number of nitrogens with one attached hydrogen (secondary N) is 2. The third kappa shape index (κ3) is 7.40. The van der Waals surface area contributed by atoms with E-state index in [-0.39, 0.29) is 37.2 Å². The van der Waals surface area contributed by atoms with Crippen LogP contribution in [0.2, 0.25) is 0 Å². The van der Waals surface area contributed by atoms with Gasteiger partial charge in [-0.1, -0.05) is 48.5 Å². The van der Waals surface area contributed by atoms with Crippen LogP contribution in [0.5, 0.6) is 0 Å². The summed E-state index contributed by atoms with van der Waals surface area (Å²) in [5, 5.41) is 12.4. The van der Waals surface area contributed by atoms with Crippen molar-refractivity contribution in [3.8, 4) is 0 Å². The number of hydrogen-bond donors (Lipinski definition) is 3. The van der Waals surface area contributed by atoms with Crippen LogP contribution in [0.3, 0.4) is 0 Å². The third-order valence-corrected chi connectivity index (χ3v) is 4.70. The van der Waals surface area contributed by atoms with Crippen molar-refractivity contribution < 1.29 is 0 Å². The number of nitrogens with two attached hydrogens (primary N) is 1. The number of halogens is 3. The molecule has 0 aliphatic rings. The summed E-state index contributed by atoms with van der Waals surface area (Å²) >= 11 is 0. The first-order chi connectivity index (χ1) is 12.4. The van der Waals surface area contributed by atoms with Gasteiger partial charge in [0.15, 0.2) is 0 Å². The fraction of sp³-hybridized carbons (Fsp3) is 0.364. The maximum atomic E-state index is 5.49. The van der Waals surface area contributed by atoms with E-state index in [9.17, 15) is 0 Å². The van der Waals surface area contributed by atoms with Gasteiger partial charge in [0, 0.05) is 6.54 Å². The van der Waals surface area contributed by atoms with Crippen LogP contribution in [0.1, 0.15) is 24.8 Å². The van der Waals surface area contributed by atoms with Gasteiger partial charge in [0.05, 0.1) is 0 Å². The fourth-order valence-corrected chi connectivity index (χ4v) is 3.36. The Hall–Kier alpha value is -1.07. The number of hydrogen-bond acceptors (Lipinski definition) is 3. The van der Waals surface area contributed by atoms with Gasteiger partial charge in [0.2, 0.25) is 0 Å². The van der Waals surface area contributed by atoms with Crippen LogP contribution >= 0.6 is 37.2 Å².